The van der Waals surface area contributed by atoms with Crippen molar-refractivity contribution in [2.45, 2.75) is 37.8 Å². The first kappa shape index (κ1) is 28.3. The molecule has 0 aliphatic carbocycles. The average Bonchev–Trinajstić information content (AvgIpc) is 3.49. The van der Waals surface area contributed by atoms with E-state index < -0.39 is 24.0 Å². The van der Waals surface area contributed by atoms with E-state index >= 15 is 0 Å². The summed E-state index contributed by atoms with van der Waals surface area (Å²) >= 11 is 3.59. The van der Waals surface area contributed by atoms with Crippen molar-refractivity contribution in [2.24, 2.45) is 10.3 Å². The number of amides is 2. The second-order valence-corrected chi connectivity index (χ2v) is 10.8. The van der Waals surface area contributed by atoms with E-state index in [0.717, 1.165) is 31.5 Å². The molecule has 2 amide bonds. The van der Waals surface area contributed by atoms with Crippen molar-refractivity contribution in [1.29, 1.82) is 0 Å². The number of nitrogens with zero attached hydrogens (tertiary/aromatic N) is 3. The standard InChI is InChI=1S/C30H30BrN5O5/c1-40-30(39)24-16-19-9-11-22(12-10-19)41-25-17-20(15-23(31)28(25)34-35-36-13-5-6-14-36)18-26(37)33-27(29(38)32-24)21-7-3-2-4-8-21/h2-4,7-12,15,17,24,27H,5-6,13-14,16,18H2,1H3,(H,32,38)(H,33,37)/t24-,27+/m0/s1. The molecule has 11 heteroatoms. The summed E-state index contributed by atoms with van der Waals surface area (Å²) in [4.78, 5) is 39.4. The Bertz CT molecular complexity index is 1440. The first-order valence-electron chi connectivity index (χ1n) is 13.4. The van der Waals surface area contributed by atoms with Crippen molar-refractivity contribution in [3.05, 3.63) is 87.9 Å². The highest BCUT2D eigenvalue weighted by atomic mass is 79.9. The van der Waals surface area contributed by atoms with Crippen LogP contribution in [0.25, 0.3) is 0 Å². The number of hydrogen-bond donors (Lipinski definition) is 2. The first-order chi connectivity index (χ1) is 19.9. The first-order valence-corrected chi connectivity index (χ1v) is 14.2. The molecule has 6 rings (SSSR count). The fourth-order valence-corrected chi connectivity index (χ4v) is 5.36. The van der Waals surface area contributed by atoms with Crippen LogP contribution in [0.4, 0.5) is 5.69 Å². The van der Waals surface area contributed by atoms with E-state index in [0.29, 0.717) is 32.8 Å². The lowest BCUT2D eigenvalue weighted by Crippen LogP contribution is -2.48. The van der Waals surface area contributed by atoms with Crippen molar-refractivity contribution >= 4 is 39.4 Å². The van der Waals surface area contributed by atoms with Gasteiger partial charge in [0.1, 0.15) is 23.5 Å². The zero-order chi connectivity index (χ0) is 28.8. The third-order valence-electron chi connectivity index (χ3n) is 6.90. The highest BCUT2D eigenvalue weighted by Crippen LogP contribution is 2.40. The molecular formula is C30H30BrN5O5. The Morgan fingerprint density at radius 3 is 2.44 bits per heavy atom. The van der Waals surface area contributed by atoms with E-state index in [-0.39, 0.29) is 18.7 Å². The smallest absolute Gasteiger partial charge is 0.328 e. The van der Waals surface area contributed by atoms with Crippen molar-refractivity contribution in [2.75, 3.05) is 20.2 Å². The summed E-state index contributed by atoms with van der Waals surface area (Å²) < 4.78 is 11.8. The van der Waals surface area contributed by atoms with E-state index in [1.54, 1.807) is 48.5 Å². The van der Waals surface area contributed by atoms with Gasteiger partial charge >= 0.3 is 5.97 Å². The topological polar surface area (TPSA) is 122 Å². The lowest BCUT2D eigenvalue weighted by Gasteiger charge is -2.23. The van der Waals surface area contributed by atoms with Gasteiger partial charge in [0.05, 0.1) is 13.5 Å². The number of hydrogen-bond acceptors (Lipinski definition) is 7. The molecule has 1 saturated heterocycles. The molecule has 0 radical (unpaired) electrons. The molecule has 0 spiro atoms. The molecule has 3 aliphatic rings. The minimum absolute atomic E-state index is 0.0332. The highest BCUT2D eigenvalue weighted by molar-refractivity contribution is 9.10. The molecule has 0 unspecified atom stereocenters. The second-order valence-electron chi connectivity index (χ2n) is 9.90. The zero-order valence-corrected chi connectivity index (χ0v) is 24.1. The summed E-state index contributed by atoms with van der Waals surface area (Å²) in [5, 5.41) is 16.4. The lowest BCUT2D eigenvalue weighted by atomic mass is 10.0. The maximum atomic E-state index is 13.5. The number of halogens is 1. The van der Waals surface area contributed by atoms with E-state index in [2.05, 4.69) is 36.9 Å². The normalized spacial score (nSPS) is 19.5. The zero-order valence-electron chi connectivity index (χ0n) is 22.5. The van der Waals surface area contributed by atoms with E-state index in [1.165, 1.54) is 7.11 Å². The molecule has 3 aliphatic heterocycles. The Kier molecular flexibility index (Phi) is 8.93. The fraction of sp³-hybridized carbons (Fsp3) is 0.300. The van der Waals surface area contributed by atoms with Crippen LogP contribution >= 0.6 is 15.9 Å². The van der Waals surface area contributed by atoms with Crippen LogP contribution in [0, 0.1) is 0 Å². The molecule has 2 atom stereocenters. The summed E-state index contributed by atoms with van der Waals surface area (Å²) in [6, 6.07) is 17.6. The Balaban J connectivity index is 1.54. The quantitative estimate of drug-likeness (QED) is 0.315. The molecule has 0 saturated carbocycles. The number of rotatable bonds is 4. The van der Waals surface area contributed by atoms with Crippen LogP contribution < -0.4 is 15.4 Å². The van der Waals surface area contributed by atoms with Gasteiger partial charge in [0.2, 0.25) is 11.8 Å². The van der Waals surface area contributed by atoms with Crippen molar-refractivity contribution in [3.63, 3.8) is 0 Å². The summed E-state index contributed by atoms with van der Waals surface area (Å²) in [6.45, 7) is 1.69. The van der Waals surface area contributed by atoms with Gasteiger partial charge in [0, 0.05) is 24.0 Å². The van der Waals surface area contributed by atoms with Crippen LogP contribution in [0.3, 0.4) is 0 Å². The number of carbonyl (C=O) groups excluding carboxylic acids is 3. The molecule has 3 aromatic carbocycles. The number of fused-ring (bicyclic) bond motifs is 9. The summed E-state index contributed by atoms with van der Waals surface area (Å²) in [5.74, 6) is -0.537. The molecule has 2 N–H and O–H groups in total. The third kappa shape index (κ3) is 7.10. The number of ether oxygens (including phenoxy) is 2. The number of methoxy groups -OCH3 is 1. The number of benzene rings is 3. The molecule has 41 heavy (non-hydrogen) atoms. The second kappa shape index (κ2) is 12.9. The lowest BCUT2D eigenvalue weighted by molar-refractivity contribution is -0.145. The summed E-state index contributed by atoms with van der Waals surface area (Å²) in [5.41, 5.74) is 2.51. The molecule has 10 nitrogen and oxygen atoms in total. The van der Waals surface area contributed by atoms with Crippen LogP contribution in [0.1, 0.15) is 35.6 Å². The summed E-state index contributed by atoms with van der Waals surface area (Å²) in [7, 11) is 1.27. The van der Waals surface area contributed by atoms with Crippen LogP contribution in [-0.2, 0) is 32.0 Å². The molecule has 1 fully saturated rings. The average molecular weight is 621 g/mol. The molecule has 0 aromatic heterocycles. The van der Waals surface area contributed by atoms with Gasteiger partial charge in [-0.3, -0.25) is 14.6 Å². The van der Waals surface area contributed by atoms with Gasteiger partial charge in [0.15, 0.2) is 5.75 Å². The van der Waals surface area contributed by atoms with Crippen molar-refractivity contribution < 1.29 is 23.9 Å². The van der Waals surface area contributed by atoms with E-state index in [1.807, 2.05) is 23.2 Å². The van der Waals surface area contributed by atoms with Gasteiger partial charge in [-0.1, -0.05) is 47.7 Å². The highest BCUT2D eigenvalue weighted by Gasteiger charge is 2.29. The number of esters is 1. The van der Waals surface area contributed by atoms with Gasteiger partial charge in [-0.15, -0.1) is 5.11 Å². The number of carbonyl (C=O) groups is 3. The van der Waals surface area contributed by atoms with Crippen LogP contribution in [-0.4, -0.2) is 49.0 Å². The Morgan fingerprint density at radius 1 is 1.00 bits per heavy atom. The van der Waals surface area contributed by atoms with E-state index in [4.69, 9.17) is 9.47 Å². The maximum absolute atomic E-state index is 13.5. The van der Waals surface area contributed by atoms with Crippen molar-refractivity contribution in [3.8, 4) is 11.5 Å². The number of nitrogens with one attached hydrogen (secondary N) is 2. The van der Waals surface area contributed by atoms with Crippen LogP contribution in [0.5, 0.6) is 11.5 Å². The minimum atomic E-state index is -1.03. The van der Waals surface area contributed by atoms with Gasteiger partial charge in [-0.2, -0.15) is 0 Å². The van der Waals surface area contributed by atoms with Crippen LogP contribution in [0.15, 0.2) is 81.5 Å². The predicted molar refractivity (Wildman–Crippen MR) is 155 cm³/mol. The molecule has 212 valence electrons. The fourth-order valence-electron chi connectivity index (χ4n) is 4.79. The molecule has 3 aromatic rings. The third-order valence-corrected chi connectivity index (χ3v) is 7.50. The van der Waals surface area contributed by atoms with Gasteiger partial charge in [0.25, 0.3) is 0 Å². The Morgan fingerprint density at radius 2 is 1.73 bits per heavy atom. The van der Waals surface area contributed by atoms with Gasteiger partial charge in [-0.25, -0.2) is 4.79 Å². The Labute approximate surface area is 246 Å². The summed E-state index contributed by atoms with van der Waals surface area (Å²) in [6.07, 6.45) is 2.30. The van der Waals surface area contributed by atoms with Gasteiger partial charge in [-0.05, 0) is 69.7 Å². The SMILES string of the molecule is COC(=O)[C@@H]1Cc2ccc(cc2)Oc2cc(cc(Br)c2N=NN2CCCC2)CC(=O)N[C@H](c2ccccc2)C(=O)N1. The van der Waals surface area contributed by atoms with Gasteiger partial charge < -0.3 is 20.1 Å². The largest absolute Gasteiger partial charge is 0.467 e. The van der Waals surface area contributed by atoms with Crippen molar-refractivity contribution in [1.82, 2.24) is 15.6 Å². The predicted octanol–water partition coefficient (Wildman–Crippen LogP) is 4.95. The van der Waals surface area contributed by atoms with E-state index in [9.17, 15) is 14.4 Å². The maximum Gasteiger partial charge on any atom is 0.328 e. The molecule has 3 heterocycles. The Hall–Kier alpha value is -4.25. The molecular weight excluding hydrogens is 590 g/mol. The van der Waals surface area contributed by atoms with Crippen LogP contribution in [0.2, 0.25) is 0 Å². The minimum Gasteiger partial charge on any atom is -0.467 e. The monoisotopic (exact) mass is 619 g/mol. The molecule has 4 bridgehead atoms.